The predicted octanol–water partition coefficient (Wildman–Crippen LogP) is 0.837. The Morgan fingerprint density at radius 1 is 1.38 bits per heavy atom. The van der Waals surface area contributed by atoms with Crippen LogP contribution in [-0.4, -0.2) is 66.3 Å². The molecule has 0 saturated carbocycles. The molecule has 2 amide bonds. The van der Waals surface area contributed by atoms with Gasteiger partial charge in [-0.2, -0.15) is 0 Å². The largest absolute Gasteiger partial charge is 0.466 e. The molecule has 0 radical (unpaired) electrons. The predicted molar refractivity (Wildman–Crippen MR) is 100 cm³/mol. The number of nitrogens with zero attached hydrogens (tertiary/aromatic N) is 2. The molecule has 0 fully saturated rings. The minimum atomic E-state index is -0.849. The smallest absolute Gasteiger partial charge is 0.411 e. The first-order valence-electron chi connectivity index (χ1n) is 8.53. The topological polar surface area (TPSA) is 160 Å². The molecule has 0 aliphatic carbocycles. The van der Waals surface area contributed by atoms with Gasteiger partial charge in [-0.15, -0.1) is 0 Å². The number of carbonyl (C=O) groups excluding carboxylic acids is 3. The van der Waals surface area contributed by atoms with Gasteiger partial charge in [0.2, 0.25) is 0 Å². The van der Waals surface area contributed by atoms with Crippen molar-refractivity contribution in [2.45, 2.75) is 6.92 Å². The Morgan fingerprint density at radius 3 is 2.69 bits per heavy atom. The Bertz CT molecular complexity index is 867. The maximum Gasteiger partial charge on any atom is 0.411 e. The van der Waals surface area contributed by atoms with Crippen LogP contribution in [0.25, 0.3) is 0 Å². The molecule has 29 heavy (non-hydrogen) atoms. The SMILES string of the molecule is CCOC(=O)Nc1ccc(NC2=C(C(=O)OC)CN(CCO)C2=O)cc1[N+](=O)[O-]. The van der Waals surface area contributed by atoms with Crippen molar-refractivity contribution >= 4 is 35.0 Å². The van der Waals surface area contributed by atoms with Crippen molar-refractivity contribution in [3.8, 4) is 0 Å². The van der Waals surface area contributed by atoms with E-state index in [9.17, 15) is 24.5 Å². The van der Waals surface area contributed by atoms with Crippen molar-refractivity contribution in [2.24, 2.45) is 0 Å². The van der Waals surface area contributed by atoms with Gasteiger partial charge in [-0.05, 0) is 19.1 Å². The second-order valence-corrected chi connectivity index (χ2v) is 5.75. The number of methoxy groups -OCH3 is 1. The number of esters is 1. The van der Waals surface area contributed by atoms with Gasteiger partial charge in [0.05, 0.1) is 37.4 Å². The van der Waals surface area contributed by atoms with Crippen LogP contribution >= 0.6 is 0 Å². The lowest BCUT2D eigenvalue weighted by molar-refractivity contribution is -0.383. The third kappa shape index (κ3) is 4.99. The lowest BCUT2D eigenvalue weighted by atomic mass is 10.2. The van der Waals surface area contributed by atoms with E-state index in [0.29, 0.717) is 0 Å². The highest BCUT2D eigenvalue weighted by molar-refractivity contribution is 6.08. The molecule has 1 aromatic carbocycles. The number of ether oxygens (including phenoxy) is 2. The normalized spacial score (nSPS) is 13.3. The average molecular weight is 408 g/mol. The molecule has 0 bridgehead atoms. The van der Waals surface area contributed by atoms with Gasteiger partial charge in [-0.25, -0.2) is 9.59 Å². The maximum atomic E-state index is 12.5. The zero-order valence-corrected chi connectivity index (χ0v) is 15.8. The van der Waals surface area contributed by atoms with Crippen LogP contribution in [0.1, 0.15) is 6.92 Å². The Balaban J connectivity index is 2.35. The van der Waals surface area contributed by atoms with Crippen LogP contribution in [0.15, 0.2) is 29.5 Å². The van der Waals surface area contributed by atoms with Crippen LogP contribution in [0.4, 0.5) is 21.9 Å². The lowest BCUT2D eigenvalue weighted by Gasteiger charge is -2.15. The van der Waals surface area contributed by atoms with E-state index in [1.807, 2.05) is 0 Å². The minimum absolute atomic E-state index is 0.00700. The molecule has 1 aliphatic heterocycles. The van der Waals surface area contributed by atoms with Crippen LogP contribution in [0.2, 0.25) is 0 Å². The lowest BCUT2D eigenvalue weighted by Crippen LogP contribution is -2.31. The number of carbonyl (C=O) groups is 3. The summed E-state index contributed by atoms with van der Waals surface area (Å²) in [4.78, 5) is 47.9. The van der Waals surface area contributed by atoms with Gasteiger partial charge < -0.3 is 24.8 Å². The summed E-state index contributed by atoms with van der Waals surface area (Å²) >= 11 is 0. The van der Waals surface area contributed by atoms with Crippen LogP contribution in [-0.2, 0) is 19.1 Å². The first-order chi connectivity index (χ1) is 13.8. The molecule has 2 rings (SSSR count). The zero-order valence-electron chi connectivity index (χ0n) is 15.8. The van der Waals surface area contributed by atoms with Crippen molar-refractivity contribution in [1.82, 2.24) is 4.90 Å². The minimum Gasteiger partial charge on any atom is -0.466 e. The summed E-state index contributed by atoms with van der Waals surface area (Å²) in [7, 11) is 1.16. The first-order valence-corrected chi connectivity index (χ1v) is 8.53. The van der Waals surface area contributed by atoms with Gasteiger partial charge in [0.1, 0.15) is 11.4 Å². The molecule has 12 heteroatoms. The second kappa shape index (κ2) is 9.50. The molecule has 1 aliphatic rings. The van der Waals surface area contributed by atoms with E-state index < -0.39 is 28.6 Å². The molecule has 0 atom stereocenters. The summed E-state index contributed by atoms with van der Waals surface area (Å²) < 4.78 is 9.38. The number of nitro groups is 1. The molecule has 0 aromatic heterocycles. The molecular formula is C17H20N4O8. The molecule has 0 unspecified atom stereocenters. The van der Waals surface area contributed by atoms with E-state index >= 15 is 0 Å². The fourth-order valence-electron chi connectivity index (χ4n) is 2.64. The van der Waals surface area contributed by atoms with Crippen molar-refractivity contribution in [1.29, 1.82) is 0 Å². The highest BCUT2D eigenvalue weighted by Crippen LogP contribution is 2.30. The molecule has 3 N–H and O–H groups in total. The second-order valence-electron chi connectivity index (χ2n) is 5.75. The first kappa shape index (κ1) is 21.6. The third-order valence-electron chi connectivity index (χ3n) is 3.93. The number of hydrogen-bond donors (Lipinski definition) is 3. The van der Waals surface area contributed by atoms with E-state index in [2.05, 4.69) is 15.4 Å². The quantitative estimate of drug-likeness (QED) is 0.321. The molecule has 12 nitrogen and oxygen atoms in total. The number of rotatable bonds is 8. The van der Waals surface area contributed by atoms with Crippen LogP contribution in [0.5, 0.6) is 0 Å². The van der Waals surface area contributed by atoms with E-state index in [1.165, 1.54) is 17.0 Å². The highest BCUT2D eigenvalue weighted by atomic mass is 16.6. The molecule has 0 spiro atoms. The Labute approximate surface area is 165 Å². The van der Waals surface area contributed by atoms with Gasteiger partial charge >= 0.3 is 12.1 Å². The molecule has 1 aromatic rings. The number of hydrogen-bond acceptors (Lipinski definition) is 9. The summed E-state index contributed by atoms with van der Waals surface area (Å²) in [6, 6.07) is 3.75. The fourth-order valence-corrected chi connectivity index (χ4v) is 2.64. The summed E-state index contributed by atoms with van der Waals surface area (Å²) in [5.74, 6) is -1.30. The van der Waals surface area contributed by atoms with Crippen LogP contribution in [0, 0.1) is 10.1 Å². The number of aliphatic hydroxyl groups is 1. The van der Waals surface area contributed by atoms with E-state index in [0.717, 1.165) is 13.2 Å². The Morgan fingerprint density at radius 2 is 2.10 bits per heavy atom. The van der Waals surface area contributed by atoms with Gasteiger partial charge in [-0.3, -0.25) is 20.2 Å². The zero-order chi connectivity index (χ0) is 21.6. The number of amides is 2. The number of benzene rings is 1. The summed E-state index contributed by atoms with van der Waals surface area (Å²) in [5.41, 5.74) is -0.475. The summed E-state index contributed by atoms with van der Waals surface area (Å²) in [6.45, 7) is 1.32. The van der Waals surface area contributed by atoms with Gasteiger partial charge in [0.15, 0.2) is 0 Å². The van der Waals surface area contributed by atoms with Crippen LogP contribution in [0.3, 0.4) is 0 Å². The average Bonchev–Trinajstić information content (AvgIpc) is 2.98. The van der Waals surface area contributed by atoms with Crippen molar-refractivity contribution in [2.75, 3.05) is 44.0 Å². The molecule has 0 saturated heterocycles. The molecule has 156 valence electrons. The number of nitrogens with one attached hydrogen (secondary N) is 2. The Hall–Kier alpha value is -3.67. The fraction of sp³-hybridized carbons (Fsp3) is 0.353. The molecule has 1 heterocycles. The summed E-state index contributed by atoms with van der Waals surface area (Å²) in [5, 5.41) is 25.4. The van der Waals surface area contributed by atoms with Crippen molar-refractivity contribution in [3.05, 3.63) is 39.6 Å². The van der Waals surface area contributed by atoms with E-state index in [-0.39, 0.29) is 48.9 Å². The van der Waals surface area contributed by atoms with Gasteiger partial charge in [0.25, 0.3) is 11.6 Å². The highest BCUT2D eigenvalue weighted by Gasteiger charge is 2.34. The van der Waals surface area contributed by atoms with Gasteiger partial charge in [-0.1, -0.05) is 0 Å². The van der Waals surface area contributed by atoms with Crippen LogP contribution < -0.4 is 10.6 Å². The Kier molecular flexibility index (Phi) is 7.09. The van der Waals surface area contributed by atoms with E-state index in [4.69, 9.17) is 9.84 Å². The summed E-state index contributed by atoms with van der Waals surface area (Å²) in [6.07, 6.45) is -0.849. The number of β-amino-alcohol motifs (C(OH)–C–C–N with tert-alkyl or cyclic N) is 1. The monoisotopic (exact) mass is 408 g/mol. The number of nitro benzene ring substituents is 1. The van der Waals surface area contributed by atoms with Crippen molar-refractivity contribution in [3.63, 3.8) is 0 Å². The number of anilines is 2. The van der Waals surface area contributed by atoms with Crippen molar-refractivity contribution < 1.29 is 33.9 Å². The third-order valence-corrected chi connectivity index (χ3v) is 3.93. The van der Waals surface area contributed by atoms with Gasteiger partial charge in [0, 0.05) is 18.3 Å². The molecular weight excluding hydrogens is 388 g/mol. The standard InChI is InChI=1S/C17H20N4O8/c1-3-29-17(25)19-12-5-4-10(8-13(12)21(26)27)18-14-11(16(24)28-2)9-20(6-7-22)15(14)23/h4-5,8,18,22H,3,6-7,9H2,1-2H3,(H,19,25). The number of aliphatic hydroxyl groups excluding tert-OH is 1. The maximum absolute atomic E-state index is 12.5. The van der Waals surface area contributed by atoms with E-state index in [1.54, 1.807) is 6.92 Å².